The Morgan fingerprint density at radius 2 is 0.877 bits per heavy atom. The van der Waals surface area contributed by atoms with Crippen molar-refractivity contribution in [3.8, 4) is 67.4 Å². The SMILES string of the molecule is c1ccc(-c2ccc(-c3nc(-c4ccc(-c5cccc(-c6nc7ccccc7c7c6ccn6cc(-c8ccccc8)nc76)c5)cc4)nc4ccccc34)cc2)cc1. The Kier molecular flexibility index (Phi) is 7.74. The molecule has 0 aliphatic carbocycles. The predicted octanol–water partition coefficient (Wildman–Crippen LogP) is 13.0. The molecule has 0 spiro atoms. The molecule has 4 aromatic heterocycles. The molecule has 0 atom stereocenters. The number of rotatable bonds is 6. The average Bonchev–Trinajstić information content (AvgIpc) is 3.74. The maximum absolute atomic E-state index is 5.26. The molecule has 0 aliphatic heterocycles. The van der Waals surface area contributed by atoms with Gasteiger partial charge in [-0.3, -0.25) is 0 Å². The number of hydrogen-bond acceptors (Lipinski definition) is 4. The third-order valence-electron chi connectivity index (χ3n) is 10.8. The lowest BCUT2D eigenvalue weighted by Gasteiger charge is -2.13. The van der Waals surface area contributed by atoms with E-state index in [9.17, 15) is 0 Å². The standard InChI is InChI=1S/C52H33N5/c1-3-12-34(13-4-1)35-22-26-38(27-23-35)49-43-19-8-10-21-46(43)54-51(56-49)39-28-24-36(25-29-39)40-16-11-17-41(32-40)50-44-30-31-57-33-47(37-14-5-2-6-15-37)55-52(57)48(44)42-18-7-9-20-45(42)53-50/h1-33H. The summed E-state index contributed by atoms with van der Waals surface area (Å²) in [4.78, 5) is 20.6. The van der Waals surface area contributed by atoms with Gasteiger partial charge in [-0.1, -0.05) is 164 Å². The average molecular weight is 728 g/mol. The van der Waals surface area contributed by atoms with Crippen LogP contribution < -0.4 is 0 Å². The van der Waals surface area contributed by atoms with Crippen LogP contribution in [0.15, 0.2) is 200 Å². The molecule has 0 N–H and O–H groups in total. The fourth-order valence-corrected chi connectivity index (χ4v) is 7.98. The quantitative estimate of drug-likeness (QED) is 0.160. The first-order chi connectivity index (χ1) is 28.2. The normalized spacial score (nSPS) is 11.5. The molecular weight excluding hydrogens is 695 g/mol. The molecule has 0 radical (unpaired) electrons. The molecule has 0 aliphatic rings. The van der Waals surface area contributed by atoms with Crippen LogP contribution in [0.1, 0.15) is 0 Å². The molecule has 0 saturated carbocycles. The number of nitrogens with zero attached hydrogens (tertiary/aromatic N) is 5. The van der Waals surface area contributed by atoms with E-state index >= 15 is 0 Å². The van der Waals surface area contributed by atoms with Gasteiger partial charge in [-0.2, -0.15) is 0 Å². The van der Waals surface area contributed by atoms with Gasteiger partial charge in [-0.25, -0.2) is 19.9 Å². The van der Waals surface area contributed by atoms with Crippen molar-refractivity contribution in [2.45, 2.75) is 0 Å². The van der Waals surface area contributed by atoms with Gasteiger partial charge in [0.15, 0.2) is 5.82 Å². The van der Waals surface area contributed by atoms with Gasteiger partial charge in [-0.05, 0) is 46.5 Å². The molecule has 0 saturated heterocycles. The van der Waals surface area contributed by atoms with Crippen LogP contribution in [0.3, 0.4) is 0 Å². The van der Waals surface area contributed by atoms with Crippen LogP contribution in [0.25, 0.3) is 106 Å². The second kappa shape index (κ2) is 13.5. The molecule has 57 heavy (non-hydrogen) atoms. The van der Waals surface area contributed by atoms with Crippen LogP contribution in [0.2, 0.25) is 0 Å². The Labute approximate surface area is 329 Å². The van der Waals surface area contributed by atoms with E-state index in [1.54, 1.807) is 0 Å². The first kappa shape index (κ1) is 32.7. The lowest BCUT2D eigenvalue weighted by Crippen LogP contribution is -1.95. The molecule has 0 fully saturated rings. The topological polar surface area (TPSA) is 56.0 Å². The molecule has 0 bridgehead atoms. The molecule has 266 valence electrons. The minimum Gasteiger partial charge on any atom is -0.306 e. The fraction of sp³-hybridized carbons (Fsp3) is 0. The number of hydrogen-bond donors (Lipinski definition) is 0. The van der Waals surface area contributed by atoms with Crippen LogP contribution in [0, 0.1) is 0 Å². The van der Waals surface area contributed by atoms with Gasteiger partial charge in [0.1, 0.15) is 5.65 Å². The van der Waals surface area contributed by atoms with E-state index in [2.05, 4.69) is 175 Å². The number of para-hydroxylation sites is 2. The van der Waals surface area contributed by atoms with Crippen LogP contribution in [-0.4, -0.2) is 24.3 Å². The van der Waals surface area contributed by atoms with Gasteiger partial charge >= 0.3 is 0 Å². The van der Waals surface area contributed by atoms with Crippen molar-refractivity contribution in [2.75, 3.05) is 0 Å². The summed E-state index contributed by atoms with van der Waals surface area (Å²) >= 11 is 0. The summed E-state index contributed by atoms with van der Waals surface area (Å²) in [6, 6.07) is 65.4. The second-order valence-electron chi connectivity index (χ2n) is 14.3. The summed E-state index contributed by atoms with van der Waals surface area (Å²) in [5.41, 5.74) is 14.3. The van der Waals surface area contributed by atoms with E-state index < -0.39 is 0 Å². The first-order valence-electron chi connectivity index (χ1n) is 19.1. The number of fused-ring (bicyclic) bond motifs is 6. The molecule has 0 unspecified atom stereocenters. The zero-order chi connectivity index (χ0) is 37.7. The Morgan fingerprint density at radius 1 is 0.333 bits per heavy atom. The summed E-state index contributed by atoms with van der Waals surface area (Å²) in [6.07, 6.45) is 4.20. The van der Waals surface area contributed by atoms with Crippen molar-refractivity contribution in [3.05, 3.63) is 200 Å². The van der Waals surface area contributed by atoms with Crippen LogP contribution in [0.4, 0.5) is 0 Å². The van der Waals surface area contributed by atoms with Crippen molar-refractivity contribution >= 4 is 38.2 Å². The van der Waals surface area contributed by atoms with Crippen LogP contribution >= 0.6 is 0 Å². The van der Waals surface area contributed by atoms with Crippen molar-refractivity contribution in [2.24, 2.45) is 0 Å². The molecule has 4 heterocycles. The Balaban J connectivity index is 0.967. The lowest BCUT2D eigenvalue weighted by atomic mass is 9.97. The van der Waals surface area contributed by atoms with E-state index in [1.165, 1.54) is 11.1 Å². The van der Waals surface area contributed by atoms with E-state index in [4.69, 9.17) is 19.9 Å². The molecule has 11 aromatic rings. The fourth-order valence-electron chi connectivity index (χ4n) is 7.98. The van der Waals surface area contributed by atoms with E-state index in [0.717, 1.165) is 88.7 Å². The van der Waals surface area contributed by atoms with Gasteiger partial charge in [0.2, 0.25) is 0 Å². The highest BCUT2D eigenvalue weighted by molar-refractivity contribution is 6.16. The smallest absolute Gasteiger partial charge is 0.160 e. The zero-order valence-corrected chi connectivity index (χ0v) is 30.8. The monoisotopic (exact) mass is 727 g/mol. The Bertz CT molecular complexity index is 3260. The van der Waals surface area contributed by atoms with Gasteiger partial charge < -0.3 is 4.40 Å². The molecule has 5 heteroatoms. The molecule has 0 amide bonds. The lowest BCUT2D eigenvalue weighted by molar-refractivity contribution is 1.20. The van der Waals surface area contributed by atoms with Gasteiger partial charge in [0, 0.05) is 56.2 Å². The van der Waals surface area contributed by atoms with Gasteiger partial charge in [-0.15, -0.1) is 0 Å². The Morgan fingerprint density at radius 3 is 1.63 bits per heavy atom. The summed E-state index contributed by atoms with van der Waals surface area (Å²) in [5.74, 6) is 0.698. The highest BCUT2D eigenvalue weighted by Gasteiger charge is 2.17. The summed E-state index contributed by atoms with van der Waals surface area (Å²) in [5, 5.41) is 4.28. The summed E-state index contributed by atoms with van der Waals surface area (Å²) in [7, 11) is 0. The minimum absolute atomic E-state index is 0.698. The third kappa shape index (κ3) is 5.81. The van der Waals surface area contributed by atoms with Crippen molar-refractivity contribution in [3.63, 3.8) is 0 Å². The zero-order valence-electron chi connectivity index (χ0n) is 30.8. The summed E-state index contributed by atoms with van der Waals surface area (Å²) in [6.45, 7) is 0. The maximum atomic E-state index is 5.26. The summed E-state index contributed by atoms with van der Waals surface area (Å²) < 4.78 is 2.13. The first-order valence-corrected chi connectivity index (χ1v) is 19.1. The molecular formula is C52H33N5. The van der Waals surface area contributed by atoms with Gasteiger partial charge in [0.05, 0.1) is 28.1 Å². The predicted molar refractivity (Wildman–Crippen MR) is 234 cm³/mol. The minimum atomic E-state index is 0.698. The van der Waals surface area contributed by atoms with Crippen molar-refractivity contribution in [1.82, 2.24) is 24.3 Å². The van der Waals surface area contributed by atoms with Gasteiger partial charge in [0.25, 0.3) is 0 Å². The highest BCUT2D eigenvalue weighted by atomic mass is 15.0. The Hall–Kier alpha value is -7.76. The van der Waals surface area contributed by atoms with Crippen molar-refractivity contribution < 1.29 is 0 Å². The van der Waals surface area contributed by atoms with E-state index in [-0.39, 0.29) is 0 Å². The van der Waals surface area contributed by atoms with E-state index in [0.29, 0.717) is 5.82 Å². The number of aromatic nitrogens is 5. The highest BCUT2D eigenvalue weighted by Crippen LogP contribution is 2.37. The number of imidazole rings is 1. The second-order valence-corrected chi connectivity index (χ2v) is 14.3. The largest absolute Gasteiger partial charge is 0.306 e. The number of benzene rings is 7. The third-order valence-corrected chi connectivity index (χ3v) is 10.8. The van der Waals surface area contributed by atoms with E-state index in [1.807, 2.05) is 30.3 Å². The van der Waals surface area contributed by atoms with Crippen LogP contribution in [-0.2, 0) is 0 Å². The molecule has 11 rings (SSSR count). The number of pyridine rings is 2. The molecule has 5 nitrogen and oxygen atoms in total. The van der Waals surface area contributed by atoms with Crippen LogP contribution in [0.5, 0.6) is 0 Å². The maximum Gasteiger partial charge on any atom is 0.160 e. The van der Waals surface area contributed by atoms with Crippen molar-refractivity contribution in [1.29, 1.82) is 0 Å². The molecule has 7 aromatic carbocycles.